The number of benzene rings is 1. The van der Waals surface area contributed by atoms with Crippen LogP contribution in [-0.2, 0) is 15.8 Å². The summed E-state index contributed by atoms with van der Waals surface area (Å²) in [6.07, 6.45) is 5.79. The van der Waals surface area contributed by atoms with Gasteiger partial charge in [-0.05, 0) is 25.3 Å². The van der Waals surface area contributed by atoms with E-state index in [1.54, 1.807) is 4.31 Å². The molecule has 0 saturated carbocycles. The summed E-state index contributed by atoms with van der Waals surface area (Å²) in [5, 5.41) is 0. The summed E-state index contributed by atoms with van der Waals surface area (Å²) >= 11 is 0. The van der Waals surface area contributed by atoms with Crippen LogP contribution in [0.15, 0.2) is 42.5 Å². The summed E-state index contributed by atoms with van der Waals surface area (Å²) in [5.74, 6) is 0.0991. The van der Waals surface area contributed by atoms with Crippen LogP contribution in [0.3, 0.4) is 0 Å². The normalized spacial score (nSPS) is 21.7. The van der Waals surface area contributed by atoms with Crippen molar-refractivity contribution in [3.63, 3.8) is 0 Å². The van der Waals surface area contributed by atoms with Crippen LogP contribution < -0.4 is 0 Å². The summed E-state index contributed by atoms with van der Waals surface area (Å²) in [6, 6.07) is 9.41. The molecule has 1 aliphatic rings. The van der Waals surface area contributed by atoms with Crippen LogP contribution >= 0.6 is 0 Å². The number of nitrogens with zero attached hydrogens (tertiary/aromatic N) is 1. The highest BCUT2D eigenvalue weighted by molar-refractivity contribution is 7.88. The second kappa shape index (κ2) is 5.67. The van der Waals surface area contributed by atoms with E-state index in [0.717, 1.165) is 18.4 Å². The molecule has 3 nitrogen and oxygen atoms in total. The molecule has 1 aliphatic heterocycles. The largest absolute Gasteiger partial charge is 0.218 e. The Morgan fingerprint density at radius 2 is 2.06 bits per heavy atom. The fraction of sp³-hybridized carbons (Fsp3) is 0.429. The van der Waals surface area contributed by atoms with Crippen LogP contribution in [0.25, 0.3) is 0 Å². The van der Waals surface area contributed by atoms with Crippen molar-refractivity contribution in [1.29, 1.82) is 0 Å². The fourth-order valence-corrected chi connectivity index (χ4v) is 4.17. The monoisotopic (exact) mass is 265 g/mol. The van der Waals surface area contributed by atoms with E-state index in [0.29, 0.717) is 6.54 Å². The molecule has 1 aromatic carbocycles. The van der Waals surface area contributed by atoms with Crippen molar-refractivity contribution in [3.8, 4) is 0 Å². The molecule has 0 spiro atoms. The zero-order valence-electron chi connectivity index (χ0n) is 10.6. The minimum atomic E-state index is -3.20. The van der Waals surface area contributed by atoms with Crippen LogP contribution in [0.4, 0.5) is 0 Å². The van der Waals surface area contributed by atoms with Crippen molar-refractivity contribution in [2.24, 2.45) is 0 Å². The summed E-state index contributed by atoms with van der Waals surface area (Å²) in [4.78, 5) is 0. The van der Waals surface area contributed by atoms with E-state index in [4.69, 9.17) is 0 Å². The topological polar surface area (TPSA) is 37.4 Å². The fourth-order valence-electron chi connectivity index (χ4n) is 2.39. The van der Waals surface area contributed by atoms with Gasteiger partial charge in [0, 0.05) is 12.6 Å². The van der Waals surface area contributed by atoms with Gasteiger partial charge in [0.05, 0.1) is 5.75 Å². The average Bonchev–Trinajstić information content (AvgIpc) is 2.79. The van der Waals surface area contributed by atoms with Crippen molar-refractivity contribution in [3.05, 3.63) is 48.0 Å². The summed E-state index contributed by atoms with van der Waals surface area (Å²) in [5.41, 5.74) is 0.851. The second-order valence-electron chi connectivity index (χ2n) is 4.59. The molecule has 4 heteroatoms. The molecule has 0 bridgehead atoms. The first-order valence-corrected chi connectivity index (χ1v) is 7.90. The van der Waals surface area contributed by atoms with Crippen LogP contribution in [0.2, 0.25) is 0 Å². The van der Waals surface area contributed by atoms with Gasteiger partial charge in [0.15, 0.2) is 0 Å². The molecule has 1 aromatic rings. The molecule has 1 atom stereocenters. The molecule has 0 aliphatic carbocycles. The molecule has 18 heavy (non-hydrogen) atoms. The van der Waals surface area contributed by atoms with Crippen molar-refractivity contribution < 1.29 is 8.42 Å². The van der Waals surface area contributed by atoms with E-state index < -0.39 is 10.0 Å². The Balaban J connectivity index is 2.16. The first kappa shape index (κ1) is 13.3. The molecule has 1 heterocycles. The summed E-state index contributed by atoms with van der Waals surface area (Å²) < 4.78 is 26.4. The van der Waals surface area contributed by atoms with Gasteiger partial charge in [-0.25, -0.2) is 8.42 Å². The third-order valence-corrected chi connectivity index (χ3v) is 5.08. The summed E-state index contributed by atoms with van der Waals surface area (Å²) in [6.45, 7) is 2.57. The number of sulfonamides is 1. The van der Waals surface area contributed by atoms with Crippen LogP contribution in [0, 0.1) is 0 Å². The maximum Gasteiger partial charge on any atom is 0.218 e. The van der Waals surface area contributed by atoms with Crippen molar-refractivity contribution >= 4 is 10.0 Å². The SMILES string of the molecule is C/C=C/C1CCCN1S(=O)(=O)Cc1ccccc1. The van der Waals surface area contributed by atoms with Gasteiger partial charge < -0.3 is 0 Å². The Kier molecular flexibility index (Phi) is 4.19. The van der Waals surface area contributed by atoms with Crippen LogP contribution in [-0.4, -0.2) is 25.3 Å². The van der Waals surface area contributed by atoms with E-state index in [-0.39, 0.29) is 11.8 Å². The predicted molar refractivity (Wildman–Crippen MR) is 73.6 cm³/mol. The van der Waals surface area contributed by atoms with Crippen LogP contribution in [0.5, 0.6) is 0 Å². The lowest BCUT2D eigenvalue weighted by molar-refractivity contribution is 0.431. The molecule has 0 aromatic heterocycles. The third-order valence-electron chi connectivity index (χ3n) is 3.21. The van der Waals surface area contributed by atoms with Gasteiger partial charge in [0.1, 0.15) is 0 Å². The quantitative estimate of drug-likeness (QED) is 0.785. The zero-order chi connectivity index (χ0) is 13.0. The van der Waals surface area contributed by atoms with Crippen molar-refractivity contribution in [2.75, 3.05) is 6.54 Å². The predicted octanol–water partition coefficient (Wildman–Crippen LogP) is 2.56. The molecule has 1 saturated heterocycles. The minimum absolute atomic E-state index is 0.0451. The maximum atomic E-state index is 12.4. The molecule has 98 valence electrons. The molecular formula is C14H19NO2S. The molecule has 0 amide bonds. The Bertz CT molecular complexity index is 508. The first-order chi connectivity index (χ1) is 8.63. The van der Waals surface area contributed by atoms with Gasteiger partial charge in [-0.3, -0.25) is 0 Å². The number of hydrogen-bond acceptors (Lipinski definition) is 2. The Labute approximate surface area is 109 Å². The lowest BCUT2D eigenvalue weighted by Gasteiger charge is -2.21. The van der Waals surface area contributed by atoms with Gasteiger partial charge in [-0.15, -0.1) is 0 Å². The molecule has 0 radical (unpaired) electrons. The van der Waals surface area contributed by atoms with Gasteiger partial charge in [0.2, 0.25) is 10.0 Å². The number of hydrogen-bond donors (Lipinski definition) is 0. The Morgan fingerprint density at radius 1 is 1.33 bits per heavy atom. The molecule has 1 fully saturated rings. The maximum absolute atomic E-state index is 12.4. The Hall–Kier alpha value is -1.13. The third kappa shape index (κ3) is 3.00. The molecular weight excluding hydrogens is 246 g/mol. The van der Waals surface area contributed by atoms with E-state index in [2.05, 4.69) is 0 Å². The second-order valence-corrected chi connectivity index (χ2v) is 6.51. The Morgan fingerprint density at radius 3 is 2.72 bits per heavy atom. The van der Waals surface area contributed by atoms with E-state index in [1.165, 1.54) is 0 Å². The highest BCUT2D eigenvalue weighted by atomic mass is 32.2. The first-order valence-electron chi connectivity index (χ1n) is 6.30. The van der Waals surface area contributed by atoms with E-state index >= 15 is 0 Å². The lowest BCUT2D eigenvalue weighted by atomic mass is 10.2. The molecule has 1 unspecified atom stereocenters. The van der Waals surface area contributed by atoms with Gasteiger partial charge >= 0.3 is 0 Å². The lowest BCUT2D eigenvalue weighted by Crippen LogP contribution is -2.35. The highest BCUT2D eigenvalue weighted by Gasteiger charge is 2.32. The minimum Gasteiger partial charge on any atom is -0.212 e. The van der Waals surface area contributed by atoms with Crippen LogP contribution in [0.1, 0.15) is 25.3 Å². The molecule has 0 N–H and O–H groups in total. The zero-order valence-corrected chi connectivity index (χ0v) is 11.4. The standard InChI is InChI=1S/C14H19NO2S/c1-2-7-14-10-6-11-15(14)18(16,17)12-13-8-4-3-5-9-13/h2-5,7-9,14H,6,10-12H2,1H3/b7-2+. The number of rotatable bonds is 4. The van der Waals surface area contributed by atoms with Crippen molar-refractivity contribution in [1.82, 2.24) is 4.31 Å². The van der Waals surface area contributed by atoms with Gasteiger partial charge in [-0.2, -0.15) is 4.31 Å². The van der Waals surface area contributed by atoms with E-state index in [1.807, 2.05) is 49.4 Å². The smallest absolute Gasteiger partial charge is 0.212 e. The van der Waals surface area contributed by atoms with Gasteiger partial charge in [-0.1, -0.05) is 42.5 Å². The molecule has 2 rings (SSSR count). The summed E-state index contributed by atoms with van der Waals surface area (Å²) in [7, 11) is -3.20. The number of allylic oxidation sites excluding steroid dienone is 1. The highest BCUT2D eigenvalue weighted by Crippen LogP contribution is 2.24. The van der Waals surface area contributed by atoms with Crippen molar-refractivity contribution in [2.45, 2.75) is 31.6 Å². The average molecular weight is 265 g/mol. The van der Waals surface area contributed by atoms with Gasteiger partial charge in [0.25, 0.3) is 0 Å². The van der Waals surface area contributed by atoms with E-state index in [9.17, 15) is 8.42 Å².